The molecule has 0 aliphatic rings. The van der Waals surface area contributed by atoms with Gasteiger partial charge in [0.2, 0.25) is 0 Å². The summed E-state index contributed by atoms with van der Waals surface area (Å²) in [5.74, 6) is -0.462. The summed E-state index contributed by atoms with van der Waals surface area (Å²) >= 11 is 0. The maximum Gasteiger partial charge on any atom is 0.342 e. The highest BCUT2D eigenvalue weighted by Gasteiger charge is 2.14. The Bertz CT molecular complexity index is 282. The molecule has 0 spiro atoms. The quantitative estimate of drug-likeness (QED) is 0.592. The minimum Gasteiger partial charge on any atom is -0.301 e. The molecular formula is C11H14O3. The van der Waals surface area contributed by atoms with Crippen molar-refractivity contribution in [3.63, 3.8) is 0 Å². The van der Waals surface area contributed by atoms with Crippen molar-refractivity contribution < 1.29 is 14.9 Å². The van der Waals surface area contributed by atoms with Gasteiger partial charge in [0.05, 0.1) is 6.42 Å². The predicted octanol–water partition coefficient (Wildman–Crippen LogP) is 2.59. The highest BCUT2D eigenvalue weighted by Crippen LogP contribution is 2.22. The average Bonchev–Trinajstić information content (AvgIpc) is 2.26. The van der Waals surface area contributed by atoms with Gasteiger partial charge < -0.3 is 4.89 Å². The second kappa shape index (κ2) is 5.40. The van der Waals surface area contributed by atoms with Gasteiger partial charge in [-0.2, -0.15) is 5.26 Å². The zero-order chi connectivity index (χ0) is 10.4. The van der Waals surface area contributed by atoms with Gasteiger partial charge in [0.25, 0.3) is 0 Å². The lowest BCUT2D eigenvalue weighted by molar-refractivity contribution is -0.234. The smallest absolute Gasteiger partial charge is 0.301 e. The number of hydrogen-bond acceptors (Lipinski definition) is 3. The molecule has 1 rings (SSSR count). The van der Waals surface area contributed by atoms with Crippen LogP contribution in [0.3, 0.4) is 0 Å². The standard InChI is InChI=1S/C11H14O3/c1-2-9(8-11(12)14-13)10-6-4-3-5-7-10/h3-7,9,13H,2,8H2,1H3. The zero-order valence-corrected chi connectivity index (χ0v) is 8.14. The molecule has 0 saturated heterocycles. The van der Waals surface area contributed by atoms with E-state index in [9.17, 15) is 4.79 Å². The van der Waals surface area contributed by atoms with Crippen LogP contribution in [0.1, 0.15) is 31.2 Å². The molecule has 3 heteroatoms. The van der Waals surface area contributed by atoms with Crippen molar-refractivity contribution in [2.24, 2.45) is 0 Å². The lowest BCUT2D eigenvalue weighted by atomic mass is 9.93. The summed E-state index contributed by atoms with van der Waals surface area (Å²) in [6, 6.07) is 9.74. The third-order valence-electron chi connectivity index (χ3n) is 2.28. The molecule has 14 heavy (non-hydrogen) atoms. The van der Waals surface area contributed by atoms with Crippen LogP contribution in [-0.2, 0) is 9.68 Å². The van der Waals surface area contributed by atoms with Crippen molar-refractivity contribution in [1.29, 1.82) is 0 Å². The Kier molecular flexibility index (Phi) is 4.13. The Morgan fingerprint density at radius 3 is 2.57 bits per heavy atom. The molecule has 0 aliphatic heterocycles. The topological polar surface area (TPSA) is 46.5 Å². The van der Waals surface area contributed by atoms with Crippen LogP contribution < -0.4 is 0 Å². The third-order valence-corrected chi connectivity index (χ3v) is 2.28. The van der Waals surface area contributed by atoms with Gasteiger partial charge in [-0.15, -0.1) is 0 Å². The lowest BCUT2D eigenvalue weighted by Gasteiger charge is -2.12. The number of carbonyl (C=O) groups excluding carboxylic acids is 1. The number of benzene rings is 1. The van der Waals surface area contributed by atoms with E-state index in [1.54, 1.807) is 0 Å². The monoisotopic (exact) mass is 194 g/mol. The van der Waals surface area contributed by atoms with Gasteiger partial charge in [0.15, 0.2) is 0 Å². The van der Waals surface area contributed by atoms with Crippen molar-refractivity contribution in [2.75, 3.05) is 0 Å². The number of rotatable bonds is 4. The summed E-state index contributed by atoms with van der Waals surface area (Å²) in [6.45, 7) is 2.00. The molecule has 1 aromatic rings. The van der Waals surface area contributed by atoms with Gasteiger partial charge in [-0.1, -0.05) is 37.3 Å². The maximum absolute atomic E-state index is 10.9. The summed E-state index contributed by atoms with van der Waals surface area (Å²) in [6.07, 6.45) is 1.07. The fourth-order valence-corrected chi connectivity index (χ4v) is 1.46. The molecule has 3 nitrogen and oxygen atoms in total. The number of carbonyl (C=O) groups is 1. The molecule has 0 aromatic heterocycles. The molecule has 1 atom stereocenters. The van der Waals surface area contributed by atoms with E-state index in [0.29, 0.717) is 0 Å². The van der Waals surface area contributed by atoms with E-state index in [0.717, 1.165) is 12.0 Å². The van der Waals surface area contributed by atoms with E-state index in [2.05, 4.69) is 4.89 Å². The minimum atomic E-state index is -0.583. The van der Waals surface area contributed by atoms with Gasteiger partial charge >= 0.3 is 5.97 Å². The van der Waals surface area contributed by atoms with Gasteiger partial charge in [-0.25, -0.2) is 4.79 Å². The second-order valence-electron chi connectivity index (χ2n) is 3.18. The van der Waals surface area contributed by atoms with Crippen LogP contribution >= 0.6 is 0 Å². The summed E-state index contributed by atoms with van der Waals surface area (Å²) in [5, 5.41) is 8.18. The Labute approximate surface area is 83.3 Å². The van der Waals surface area contributed by atoms with Crippen molar-refractivity contribution in [3.05, 3.63) is 35.9 Å². The van der Waals surface area contributed by atoms with Crippen LogP contribution in [0.5, 0.6) is 0 Å². The predicted molar refractivity (Wildman–Crippen MR) is 52.8 cm³/mol. The highest BCUT2D eigenvalue weighted by molar-refractivity contribution is 5.69. The first-order chi connectivity index (χ1) is 6.77. The molecule has 1 aromatic carbocycles. The van der Waals surface area contributed by atoms with Gasteiger partial charge in [-0.05, 0) is 17.9 Å². The van der Waals surface area contributed by atoms with Gasteiger partial charge in [-0.3, -0.25) is 0 Å². The second-order valence-corrected chi connectivity index (χ2v) is 3.18. The van der Waals surface area contributed by atoms with Crippen molar-refractivity contribution in [2.45, 2.75) is 25.7 Å². The fourth-order valence-electron chi connectivity index (χ4n) is 1.46. The molecule has 1 unspecified atom stereocenters. The Morgan fingerprint density at radius 1 is 1.43 bits per heavy atom. The molecule has 76 valence electrons. The molecule has 0 aliphatic carbocycles. The van der Waals surface area contributed by atoms with Crippen LogP contribution in [0.25, 0.3) is 0 Å². The van der Waals surface area contributed by atoms with Crippen LogP contribution in [0.15, 0.2) is 30.3 Å². The lowest BCUT2D eigenvalue weighted by Crippen LogP contribution is -2.08. The Hall–Kier alpha value is -1.35. The normalized spacial score (nSPS) is 12.1. The van der Waals surface area contributed by atoms with Crippen LogP contribution in [0.4, 0.5) is 0 Å². The molecule has 0 radical (unpaired) electrons. The fraction of sp³-hybridized carbons (Fsp3) is 0.364. The van der Waals surface area contributed by atoms with E-state index < -0.39 is 5.97 Å². The zero-order valence-electron chi connectivity index (χ0n) is 8.14. The average molecular weight is 194 g/mol. The van der Waals surface area contributed by atoms with Crippen molar-refractivity contribution in [3.8, 4) is 0 Å². The van der Waals surface area contributed by atoms with Crippen molar-refractivity contribution >= 4 is 5.97 Å². The summed E-state index contributed by atoms with van der Waals surface area (Å²) in [4.78, 5) is 14.5. The highest BCUT2D eigenvalue weighted by atomic mass is 17.1. The SMILES string of the molecule is CCC(CC(=O)OO)c1ccccc1. The van der Waals surface area contributed by atoms with E-state index in [4.69, 9.17) is 5.26 Å². The Morgan fingerprint density at radius 2 is 2.07 bits per heavy atom. The first-order valence-corrected chi connectivity index (χ1v) is 4.67. The van der Waals surface area contributed by atoms with E-state index in [1.165, 1.54) is 0 Å². The van der Waals surface area contributed by atoms with E-state index >= 15 is 0 Å². The van der Waals surface area contributed by atoms with Crippen LogP contribution in [-0.4, -0.2) is 11.2 Å². The molecule has 0 bridgehead atoms. The summed E-state index contributed by atoms with van der Waals surface area (Å²) < 4.78 is 0. The molecule has 0 amide bonds. The van der Waals surface area contributed by atoms with E-state index in [1.807, 2.05) is 37.3 Å². The maximum atomic E-state index is 10.9. The summed E-state index contributed by atoms with van der Waals surface area (Å²) in [7, 11) is 0. The summed E-state index contributed by atoms with van der Waals surface area (Å²) in [5.41, 5.74) is 1.10. The largest absolute Gasteiger partial charge is 0.342 e. The van der Waals surface area contributed by atoms with Crippen LogP contribution in [0.2, 0.25) is 0 Å². The molecular weight excluding hydrogens is 180 g/mol. The molecule has 0 saturated carbocycles. The molecule has 0 heterocycles. The minimum absolute atomic E-state index is 0.121. The first-order valence-electron chi connectivity index (χ1n) is 4.67. The van der Waals surface area contributed by atoms with Gasteiger partial charge in [0.1, 0.15) is 0 Å². The third kappa shape index (κ3) is 2.85. The van der Waals surface area contributed by atoms with E-state index in [-0.39, 0.29) is 12.3 Å². The van der Waals surface area contributed by atoms with Crippen molar-refractivity contribution in [1.82, 2.24) is 0 Å². The Balaban J connectivity index is 2.68. The number of hydrogen-bond donors (Lipinski definition) is 1. The first kappa shape index (κ1) is 10.7. The molecule has 0 fully saturated rings. The van der Waals surface area contributed by atoms with Crippen LogP contribution in [0, 0.1) is 0 Å². The molecule has 1 N–H and O–H groups in total. The van der Waals surface area contributed by atoms with Gasteiger partial charge in [0, 0.05) is 0 Å².